The molecule has 0 heterocycles. The number of carbonyl (C=O) groups is 1. The Bertz CT molecular complexity index is 373. The number of nitrogens with one attached hydrogen (secondary N) is 1. The molecule has 0 saturated heterocycles. The van der Waals surface area contributed by atoms with Crippen LogP contribution in [0.1, 0.15) is 41.0 Å². The Morgan fingerprint density at radius 1 is 1.36 bits per heavy atom. The molecular weight excluding hydrogens is 294 g/mol. The van der Waals surface area contributed by atoms with E-state index in [0.29, 0.717) is 17.2 Å². The number of allylic oxidation sites excluding steroid dienone is 1. The molecule has 0 saturated carbocycles. The number of ether oxygens (including phenoxy) is 1. The van der Waals surface area contributed by atoms with Gasteiger partial charge in [0.2, 0.25) is 5.91 Å². The second-order valence-corrected chi connectivity index (χ2v) is 13.4. The van der Waals surface area contributed by atoms with E-state index >= 15 is 0 Å². The molecule has 130 valence electrons. The lowest BCUT2D eigenvalue weighted by atomic mass is 10.2. The maximum atomic E-state index is 11.5. The monoisotopic (exact) mass is 329 g/mol. The van der Waals surface area contributed by atoms with Crippen molar-refractivity contribution in [2.75, 3.05) is 19.8 Å². The minimum absolute atomic E-state index is 0.139. The molecule has 0 rings (SSSR count). The number of aliphatic hydroxyl groups is 1. The Morgan fingerprint density at radius 2 is 1.95 bits per heavy atom. The third kappa shape index (κ3) is 8.10. The van der Waals surface area contributed by atoms with Gasteiger partial charge in [-0.15, -0.1) is 0 Å². The molecule has 1 unspecified atom stereocenters. The highest BCUT2D eigenvalue weighted by Crippen LogP contribution is 2.39. The summed E-state index contributed by atoms with van der Waals surface area (Å²) >= 11 is 0. The van der Waals surface area contributed by atoms with Gasteiger partial charge in [-0.25, -0.2) is 0 Å². The van der Waals surface area contributed by atoms with Gasteiger partial charge in [-0.2, -0.15) is 0 Å². The van der Waals surface area contributed by atoms with Gasteiger partial charge in [-0.05, 0) is 25.3 Å². The highest BCUT2D eigenvalue weighted by atomic mass is 28.3. The summed E-state index contributed by atoms with van der Waals surface area (Å²) in [6, 6.07) is 1.23. The molecule has 1 atom stereocenters. The van der Waals surface area contributed by atoms with E-state index in [1.807, 2.05) is 6.92 Å². The van der Waals surface area contributed by atoms with Crippen molar-refractivity contribution in [1.82, 2.24) is 5.32 Å². The quantitative estimate of drug-likeness (QED) is 0.387. The first-order valence-corrected chi connectivity index (χ1v) is 11.4. The van der Waals surface area contributed by atoms with Crippen LogP contribution in [0.3, 0.4) is 0 Å². The molecule has 0 aliphatic heterocycles. The molecule has 0 aliphatic rings. The van der Waals surface area contributed by atoms with E-state index in [4.69, 9.17) is 4.74 Å². The Balaban J connectivity index is 3.82. The van der Waals surface area contributed by atoms with Crippen LogP contribution in [0.4, 0.5) is 0 Å². The fourth-order valence-corrected chi connectivity index (χ4v) is 3.53. The Morgan fingerprint density at radius 3 is 2.45 bits per heavy atom. The van der Waals surface area contributed by atoms with Gasteiger partial charge in [0.05, 0.1) is 20.8 Å². The van der Waals surface area contributed by atoms with E-state index in [9.17, 15) is 9.90 Å². The van der Waals surface area contributed by atoms with Crippen LogP contribution >= 0.6 is 0 Å². The largest absolute Gasteiger partial charge is 0.389 e. The molecule has 0 aromatic carbocycles. The predicted octanol–water partition coefficient (Wildman–Crippen LogP) is 3.34. The number of aliphatic hydroxyl groups excluding tert-OH is 1. The van der Waals surface area contributed by atoms with Crippen molar-refractivity contribution >= 4 is 14.0 Å². The summed E-state index contributed by atoms with van der Waals surface area (Å²) < 4.78 is 5.53. The first kappa shape index (κ1) is 21.3. The van der Waals surface area contributed by atoms with E-state index < -0.39 is 14.2 Å². The zero-order chi connectivity index (χ0) is 17.4. The van der Waals surface area contributed by atoms with Crippen molar-refractivity contribution in [2.45, 2.75) is 71.3 Å². The zero-order valence-electron chi connectivity index (χ0n) is 15.5. The summed E-state index contributed by atoms with van der Waals surface area (Å²) in [7, 11) is -1.23. The summed E-state index contributed by atoms with van der Waals surface area (Å²) in [5.74, 6) is -0.139. The second-order valence-electron chi connectivity index (χ2n) is 7.65. The smallest absolute Gasteiger partial charge is 0.246 e. The average molecular weight is 330 g/mol. The molecule has 0 bridgehead atoms. The Hall–Kier alpha value is -0.653. The normalized spacial score (nSPS) is 14.8. The van der Waals surface area contributed by atoms with Gasteiger partial charge in [-0.3, -0.25) is 4.79 Å². The highest BCUT2D eigenvalue weighted by molar-refractivity contribution is 6.80. The third-order valence-electron chi connectivity index (χ3n) is 4.72. The van der Waals surface area contributed by atoms with E-state index in [2.05, 4.69) is 39.2 Å². The molecule has 0 radical (unpaired) electrons. The lowest BCUT2D eigenvalue weighted by Crippen LogP contribution is -2.37. The molecule has 5 heteroatoms. The number of amides is 1. The minimum atomic E-state index is -1.23. The summed E-state index contributed by atoms with van der Waals surface area (Å²) in [6.45, 7) is 16.5. The van der Waals surface area contributed by atoms with E-state index in [1.54, 1.807) is 13.0 Å². The van der Waals surface area contributed by atoms with Crippen LogP contribution in [0.5, 0.6) is 0 Å². The van der Waals surface area contributed by atoms with Crippen LogP contribution in [-0.4, -0.2) is 45.0 Å². The van der Waals surface area contributed by atoms with E-state index in [0.717, 1.165) is 6.42 Å². The average Bonchev–Trinajstić information content (AvgIpc) is 2.42. The first-order valence-electron chi connectivity index (χ1n) is 8.18. The first-order chi connectivity index (χ1) is 10.0. The Labute approximate surface area is 137 Å². The van der Waals surface area contributed by atoms with Crippen LogP contribution in [0, 0.1) is 0 Å². The maximum absolute atomic E-state index is 11.5. The van der Waals surface area contributed by atoms with Crippen molar-refractivity contribution < 1.29 is 14.6 Å². The second kappa shape index (κ2) is 9.48. The van der Waals surface area contributed by atoms with Gasteiger partial charge >= 0.3 is 0 Å². The van der Waals surface area contributed by atoms with Gasteiger partial charge in [0.25, 0.3) is 0 Å². The van der Waals surface area contributed by atoms with Crippen LogP contribution < -0.4 is 5.32 Å². The van der Waals surface area contributed by atoms with Crippen LogP contribution in [-0.2, 0) is 9.53 Å². The van der Waals surface area contributed by atoms with Crippen molar-refractivity contribution in [3.8, 4) is 0 Å². The number of hydrogen-bond acceptors (Lipinski definition) is 3. The summed E-state index contributed by atoms with van der Waals surface area (Å²) in [5, 5.41) is 12.9. The van der Waals surface area contributed by atoms with Crippen LogP contribution in [0.2, 0.25) is 24.2 Å². The highest BCUT2D eigenvalue weighted by Gasteiger charge is 2.33. The topological polar surface area (TPSA) is 58.6 Å². The van der Waals surface area contributed by atoms with E-state index in [-0.39, 0.29) is 19.1 Å². The molecule has 4 nitrogen and oxygen atoms in total. The van der Waals surface area contributed by atoms with Crippen molar-refractivity contribution in [1.29, 1.82) is 0 Å². The Kier molecular flexibility index (Phi) is 9.20. The fourth-order valence-electron chi connectivity index (χ4n) is 1.75. The maximum Gasteiger partial charge on any atom is 0.246 e. The molecule has 0 aromatic heterocycles. The molecule has 2 N–H and O–H groups in total. The zero-order valence-corrected chi connectivity index (χ0v) is 16.5. The molecule has 22 heavy (non-hydrogen) atoms. The minimum Gasteiger partial charge on any atom is -0.389 e. The number of carbonyl (C=O) groups excluding carboxylic acids is 1. The summed E-state index contributed by atoms with van der Waals surface area (Å²) in [5.41, 5.74) is 0.655. The van der Waals surface area contributed by atoms with Crippen molar-refractivity contribution in [3.63, 3.8) is 0 Å². The van der Waals surface area contributed by atoms with Crippen molar-refractivity contribution in [2.24, 2.45) is 0 Å². The number of rotatable bonds is 9. The van der Waals surface area contributed by atoms with Crippen molar-refractivity contribution in [3.05, 3.63) is 11.6 Å². The molecule has 0 spiro atoms. The van der Waals surface area contributed by atoms with Gasteiger partial charge < -0.3 is 15.2 Å². The lowest BCUT2D eigenvalue weighted by molar-refractivity contribution is -0.118. The van der Waals surface area contributed by atoms with Crippen LogP contribution in [0.25, 0.3) is 0 Å². The summed E-state index contributed by atoms with van der Waals surface area (Å²) in [4.78, 5) is 11.5. The molecule has 0 aliphatic carbocycles. The van der Waals surface area contributed by atoms with Gasteiger partial charge in [0.15, 0.2) is 0 Å². The fraction of sp³-hybridized carbons (Fsp3) is 0.824. The molecule has 1 amide bonds. The van der Waals surface area contributed by atoms with Gasteiger partial charge in [-0.1, -0.05) is 46.0 Å². The molecular formula is C17H35NO3Si. The molecule has 0 fully saturated rings. The SMILES string of the molecule is CC=C(C)C(=O)NCC(O)COCCC[Si](C)(C)C(C)(C)C. The van der Waals surface area contributed by atoms with Gasteiger partial charge in [0, 0.05) is 18.7 Å². The summed E-state index contributed by atoms with van der Waals surface area (Å²) in [6.07, 6.45) is 2.13. The molecule has 0 aromatic rings. The predicted molar refractivity (Wildman–Crippen MR) is 95.9 cm³/mol. The standard InChI is InChI=1S/C17H35NO3Si/c1-8-14(2)16(20)18-12-15(19)13-21-10-9-11-22(6,7)17(3,4)5/h8,15,19H,9-13H2,1-7H3,(H,18,20). The van der Waals surface area contributed by atoms with Crippen LogP contribution in [0.15, 0.2) is 11.6 Å². The lowest BCUT2D eigenvalue weighted by Gasteiger charge is -2.37. The third-order valence-corrected chi connectivity index (χ3v) is 10.4. The van der Waals surface area contributed by atoms with Gasteiger partial charge in [0.1, 0.15) is 0 Å². The van der Waals surface area contributed by atoms with E-state index in [1.165, 1.54) is 6.04 Å². The number of hydrogen-bond donors (Lipinski definition) is 2.